The molecule has 82 valence electrons. The maximum atomic E-state index is 10.5. The van der Waals surface area contributed by atoms with E-state index >= 15 is 0 Å². The minimum Gasteiger partial charge on any atom is -0.481 e. The Balaban J connectivity index is 1.96. The fourth-order valence-corrected chi connectivity index (χ4v) is 2.14. The zero-order valence-corrected chi connectivity index (χ0v) is 8.56. The summed E-state index contributed by atoms with van der Waals surface area (Å²) in [6, 6.07) is 4.12. The van der Waals surface area contributed by atoms with Crippen molar-refractivity contribution >= 4 is 5.97 Å². The lowest BCUT2D eigenvalue weighted by Gasteiger charge is -2.21. The molecule has 4 nitrogen and oxygen atoms in total. The number of hydrogen-bond acceptors (Lipinski definition) is 3. The van der Waals surface area contributed by atoms with E-state index in [1.807, 2.05) is 12.1 Å². The minimum atomic E-state index is -0.736. The highest BCUT2D eigenvalue weighted by molar-refractivity contribution is 5.66. The predicted octanol–water partition coefficient (Wildman–Crippen LogP) is 1.89. The third-order valence-electron chi connectivity index (χ3n) is 2.85. The van der Waals surface area contributed by atoms with Crippen LogP contribution in [0.15, 0.2) is 22.8 Å². The Hall–Kier alpha value is -1.29. The first-order valence-electron chi connectivity index (χ1n) is 5.26. The molecule has 0 spiro atoms. The Morgan fingerprint density at radius 1 is 1.67 bits per heavy atom. The fourth-order valence-electron chi connectivity index (χ4n) is 2.14. The van der Waals surface area contributed by atoms with Crippen LogP contribution in [-0.2, 0) is 4.79 Å². The number of furan rings is 1. The standard InChI is InChI=1S/C11H15NO3/c13-11(14)5-7-12-6-1-3-9(12)10-4-2-8-15-10/h2,4,8-9H,1,3,5-7H2,(H,13,14)/t9-/m0/s1. The third-order valence-corrected chi connectivity index (χ3v) is 2.85. The maximum Gasteiger partial charge on any atom is 0.304 e. The second-order valence-electron chi connectivity index (χ2n) is 3.85. The van der Waals surface area contributed by atoms with Gasteiger partial charge in [-0.3, -0.25) is 9.69 Å². The first-order valence-corrected chi connectivity index (χ1v) is 5.26. The Morgan fingerprint density at radius 2 is 2.53 bits per heavy atom. The highest BCUT2D eigenvalue weighted by Crippen LogP contribution is 2.31. The number of rotatable bonds is 4. The smallest absolute Gasteiger partial charge is 0.304 e. The summed E-state index contributed by atoms with van der Waals surface area (Å²) in [6.07, 6.45) is 4.05. The molecule has 2 rings (SSSR count). The molecule has 0 amide bonds. The van der Waals surface area contributed by atoms with Crippen LogP contribution >= 0.6 is 0 Å². The van der Waals surface area contributed by atoms with Crippen molar-refractivity contribution < 1.29 is 14.3 Å². The molecule has 1 aromatic heterocycles. The van der Waals surface area contributed by atoms with E-state index in [-0.39, 0.29) is 12.5 Å². The van der Waals surface area contributed by atoms with Gasteiger partial charge in [0.05, 0.1) is 18.7 Å². The SMILES string of the molecule is O=C(O)CCN1CCC[C@H]1c1ccco1. The average Bonchev–Trinajstić information content (AvgIpc) is 2.85. The molecule has 0 aromatic carbocycles. The number of likely N-dealkylation sites (tertiary alicyclic amines) is 1. The molecule has 0 radical (unpaired) electrons. The lowest BCUT2D eigenvalue weighted by atomic mass is 10.1. The van der Waals surface area contributed by atoms with Gasteiger partial charge < -0.3 is 9.52 Å². The fraction of sp³-hybridized carbons (Fsp3) is 0.545. The predicted molar refractivity (Wildman–Crippen MR) is 54.5 cm³/mol. The largest absolute Gasteiger partial charge is 0.481 e. The monoisotopic (exact) mass is 209 g/mol. The van der Waals surface area contributed by atoms with E-state index < -0.39 is 5.97 Å². The van der Waals surface area contributed by atoms with Gasteiger partial charge in [0.25, 0.3) is 0 Å². The highest BCUT2D eigenvalue weighted by atomic mass is 16.4. The summed E-state index contributed by atoms with van der Waals surface area (Å²) in [4.78, 5) is 12.7. The second kappa shape index (κ2) is 4.49. The molecule has 1 fully saturated rings. The molecular formula is C11H15NO3. The molecule has 0 bridgehead atoms. The van der Waals surface area contributed by atoms with E-state index in [4.69, 9.17) is 9.52 Å². The number of carboxylic acid groups (broad SMARTS) is 1. The Kier molecular flexibility index (Phi) is 3.06. The van der Waals surface area contributed by atoms with Crippen molar-refractivity contribution in [2.75, 3.05) is 13.1 Å². The van der Waals surface area contributed by atoms with Gasteiger partial charge in [0.15, 0.2) is 0 Å². The average molecular weight is 209 g/mol. The summed E-state index contributed by atoms with van der Waals surface area (Å²) in [6.45, 7) is 1.58. The molecule has 15 heavy (non-hydrogen) atoms. The lowest BCUT2D eigenvalue weighted by molar-refractivity contribution is -0.137. The van der Waals surface area contributed by atoms with Gasteiger partial charge in [0.1, 0.15) is 5.76 Å². The van der Waals surface area contributed by atoms with Gasteiger partial charge in [-0.05, 0) is 31.5 Å². The van der Waals surface area contributed by atoms with Crippen molar-refractivity contribution in [3.63, 3.8) is 0 Å². The van der Waals surface area contributed by atoms with Crippen molar-refractivity contribution in [1.29, 1.82) is 0 Å². The molecule has 1 aliphatic heterocycles. The van der Waals surface area contributed by atoms with Gasteiger partial charge >= 0.3 is 5.97 Å². The van der Waals surface area contributed by atoms with Crippen LogP contribution in [-0.4, -0.2) is 29.1 Å². The van der Waals surface area contributed by atoms with Crippen LogP contribution in [0, 0.1) is 0 Å². The van der Waals surface area contributed by atoms with Gasteiger partial charge in [0.2, 0.25) is 0 Å². The molecule has 2 heterocycles. The molecule has 1 aliphatic rings. The third kappa shape index (κ3) is 2.39. The maximum absolute atomic E-state index is 10.5. The molecule has 1 N–H and O–H groups in total. The van der Waals surface area contributed by atoms with E-state index in [2.05, 4.69) is 4.90 Å². The second-order valence-corrected chi connectivity index (χ2v) is 3.85. The van der Waals surface area contributed by atoms with Gasteiger partial charge in [-0.2, -0.15) is 0 Å². The van der Waals surface area contributed by atoms with Crippen LogP contribution in [0.4, 0.5) is 0 Å². The summed E-state index contributed by atoms with van der Waals surface area (Å²) in [5, 5.41) is 8.64. The number of aliphatic carboxylic acids is 1. The van der Waals surface area contributed by atoms with Crippen LogP contribution in [0.5, 0.6) is 0 Å². The van der Waals surface area contributed by atoms with Crippen LogP contribution in [0.25, 0.3) is 0 Å². The van der Waals surface area contributed by atoms with Gasteiger partial charge in [-0.15, -0.1) is 0 Å². The lowest BCUT2D eigenvalue weighted by Crippen LogP contribution is -2.25. The molecule has 0 saturated carbocycles. The molecule has 1 aromatic rings. The normalized spacial score (nSPS) is 22.0. The number of nitrogens with zero attached hydrogens (tertiary/aromatic N) is 1. The van der Waals surface area contributed by atoms with E-state index in [0.717, 1.165) is 25.1 Å². The quantitative estimate of drug-likeness (QED) is 0.822. The van der Waals surface area contributed by atoms with Crippen LogP contribution < -0.4 is 0 Å². The highest BCUT2D eigenvalue weighted by Gasteiger charge is 2.27. The number of hydrogen-bond donors (Lipinski definition) is 1. The summed E-state index contributed by atoms with van der Waals surface area (Å²) in [5.74, 6) is 0.220. The van der Waals surface area contributed by atoms with Crippen molar-refractivity contribution in [1.82, 2.24) is 4.90 Å². The van der Waals surface area contributed by atoms with Gasteiger partial charge in [-0.1, -0.05) is 0 Å². The van der Waals surface area contributed by atoms with E-state index in [9.17, 15) is 4.79 Å². The van der Waals surface area contributed by atoms with Gasteiger partial charge in [-0.25, -0.2) is 0 Å². The minimum absolute atomic E-state index is 0.206. The van der Waals surface area contributed by atoms with Crippen LogP contribution in [0.1, 0.15) is 31.1 Å². The number of carbonyl (C=O) groups is 1. The Bertz CT molecular complexity index is 321. The summed E-state index contributed by atoms with van der Waals surface area (Å²) < 4.78 is 5.37. The van der Waals surface area contributed by atoms with Gasteiger partial charge in [0, 0.05) is 6.54 Å². The Morgan fingerprint density at radius 3 is 3.20 bits per heavy atom. The first-order chi connectivity index (χ1) is 7.27. The molecule has 1 atom stereocenters. The zero-order valence-electron chi connectivity index (χ0n) is 8.56. The molecule has 1 saturated heterocycles. The van der Waals surface area contributed by atoms with Crippen LogP contribution in [0.2, 0.25) is 0 Å². The first kappa shape index (κ1) is 10.2. The Labute approximate surface area is 88.5 Å². The topological polar surface area (TPSA) is 53.7 Å². The molecular weight excluding hydrogens is 194 g/mol. The van der Waals surface area contributed by atoms with E-state index in [1.165, 1.54) is 0 Å². The van der Waals surface area contributed by atoms with Crippen molar-refractivity contribution in [2.45, 2.75) is 25.3 Å². The van der Waals surface area contributed by atoms with Crippen molar-refractivity contribution in [3.8, 4) is 0 Å². The van der Waals surface area contributed by atoms with Crippen molar-refractivity contribution in [2.24, 2.45) is 0 Å². The summed E-state index contributed by atoms with van der Waals surface area (Å²) in [7, 11) is 0. The van der Waals surface area contributed by atoms with Crippen LogP contribution in [0.3, 0.4) is 0 Å². The summed E-state index contributed by atoms with van der Waals surface area (Å²) >= 11 is 0. The molecule has 0 unspecified atom stereocenters. The molecule has 4 heteroatoms. The van der Waals surface area contributed by atoms with E-state index in [1.54, 1.807) is 6.26 Å². The van der Waals surface area contributed by atoms with E-state index in [0.29, 0.717) is 6.54 Å². The zero-order chi connectivity index (χ0) is 10.7. The van der Waals surface area contributed by atoms with Crippen molar-refractivity contribution in [3.05, 3.63) is 24.2 Å². The summed E-state index contributed by atoms with van der Waals surface area (Å²) in [5.41, 5.74) is 0. The molecule has 0 aliphatic carbocycles. The number of carboxylic acids is 1.